The van der Waals surface area contributed by atoms with Gasteiger partial charge in [-0.2, -0.15) is 5.26 Å². The molecule has 5 nitrogen and oxygen atoms in total. The smallest absolute Gasteiger partial charge is 0.330 e. The lowest BCUT2D eigenvalue weighted by atomic mass is 9.35. The summed E-state index contributed by atoms with van der Waals surface area (Å²) in [6, 6.07) is 2.53. The molecular formula is C19H25NO4. The number of hydrogen-bond donors (Lipinski definition) is 1. The Balaban J connectivity index is 1.96. The van der Waals surface area contributed by atoms with Crippen molar-refractivity contribution in [2.75, 3.05) is 7.11 Å². The van der Waals surface area contributed by atoms with Gasteiger partial charge in [0, 0.05) is 5.57 Å². The maximum atomic E-state index is 12.6. The van der Waals surface area contributed by atoms with E-state index >= 15 is 0 Å². The fraction of sp³-hybridized carbons (Fsp3) is 0.737. The van der Waals surface area contributed by atoms with Gasteiger partial charge < -0.3 is 9.84 Å². The third-order valence-electron chi connectivity index (χ3n) is 6.55. The van der Waals surface area contributed by atoms with Crippen molar-refractivity contribution < 1.29 is 19.4 Å². The topological polar surface area (TPSA) is 87.4 Å². The van der Waals surface area contributed by atoms with Crippen LogP contribution in [0.15, 0.2) is 12.2 Å². The van der Waals surface area contributed by atoms with Gasteiger partial charge in [0.1, 0.15) is 0 Å². The Morgan fingerprint density at radius 2 is 1.92 bits per heavy atom. The summed E-state index contributed by atoms with van der Waals surface area (Å²) in [5.41, 5.74) is -1.08. The zero-order valence-corrected chi connectivity index (χ0v) is 14.5. The van der Waals surface area contributed by atoms with Gasteiger partial charge in [-0.05, 0) is 62.2 Å². The molecule has 0 amide bonds. The highest BCUT2D eigenvalue weighted by molar-refractivity contribution is 5.85. The van der Waals surface area contributed by atoms with Gasteiger partial charge in [0.15, 0.2) is 0 Å². The largest absolute Gasteiger partial charge is 0.478 e. The highest BCUT2D eigenvalue weighted by Crippen LogP contribution is 2.74. The molecule has 0 spiro atoms. The summed E-state index contributed by atoms with van der Waals surface area (Å²) < 4.78 is 5.12. The van der Waals surface area contributed by atoms with E-state index in [1.54, 1.807) is 0 Å². The van der Waals surface area contributed by atoms with Crippen molar-refractivity contribution >= 4 is 11.9 Å². The van der Waals surface area contributed by atoms with Crippen LogP contribution in [-0.4, -0.2) is 24.2 Å². The minimum atomic E-state index is -0.969. The molecule has 0 aliphatic heterocycles. The predicted octanol–water partition coefficient (Wildman–Crippen LogP) is 3.45. The standard InChI is InChI=1S/C19H25NO4/c1-13(14(21)22)4-5-17-6-16(2)7-18(9-17,12-20)11-19(8-16,10-17)15(23)24-3/h1,4-11H2,2-3H3,(H,21,22). The van der Waals surface area contributed by atoms with Crippen LogP contribution in [0.4, 0.5) is 0 Å². The number of carbonyl (C=O) groups is 2. The Hall–Kier alpha value is -1.83. The van der Waals surface area contributed by atoms with Crippen LogP contribution >= 0.6 is 0 Å². The molecule has 0 aromatic rings. The quantitative estimate of drug-likeness (QED) is 0.616. The summed E-state index contributed by atoms with van der Waals surface area (Å²) in [7, 11) is 1.42. The van der Waals surface area contributed by atoms with E-state index in [0.717, 1.165) is 25.7 Å². The molecule has 0 radical (unpaired) electrons. The van der Waals surface area contributed by atoms with Crippen molar-refractivity contribution in [3.8, 4) is 6.07 Å². The number of methoxy groups -OCH3 is 1. The van der Waals surface area contributed by atoms with Crippen LogP contribution in [0, 0.1) is 33.0 Å². The second-order valence-electron chi connectivity index (χ2n) is 8.94. The number of ether oxygens (including phenoxy) is 1. The first-order valence-corrected chi connectivity index (χ1v) is 8.52. The van der Waals surface area contributed by atoms with E-state index in [1.807, 2.05) is 0 Å². The first kappa shape index (κ1) is 17.0. The van der Waals surface area contributed by atoms with Crippen molar-refractivity contribution in [3.63, 3.8) is 0 Å². The molecule has 4 unspecified atom stereocenters. The monoisotopic (exact) mass is 331 g/mol. The molecule has 0 aromatic heterocycles. The Morgan fingerprint density at radius 3 is 2.50 bits per heavy atom. The van der Waals surface area contributed by atoms with Crippen LogP contribution in [0.2, 0.25) is 0 Å². The normalized spacial score (nSPS) is 42.4. The summed E-state index contributed by atoms with van der Waals surface area (Å²) >= 11 is 0. The second-order valence-corrected chi connectivity index (χ2v) is 8.94. The van der Waals surface area contributed by atoms with Crippen LogP contribution < -0.4 is 0 Å². The van der Waals surface area contributed by atoms with Gasteiger partial charge in [-0.25, -0.2) is 4.79 Å². The Morgan fingerprint density at radius 1 is 1.21 bits per heavy atom. The van der Waals surface area contributed by atoms with Gasteiger partial charge in [-0.15, -0.1) is 0 Å². The lowest BCUT2D eigenvalue weighted by Crippen LogP contribution is -2.62. The van der Waals surface area contributed by atoms with E-state index in [1.165, 1.54) is 7.11 Å². The van der Waals surface area contributed by atoms with E-state index in [4.69, 9.17) is 9.84 Å². The molecule has 1 N–H and O–H groups in total. The van der Waals surface area contributed by atoms with E-state index < -0.39 is 16.8 Å². The predicted molar refractivity (Wildman–Crippen MR) is 86.7 cm³/mol. The Kier molecular flexibility index (Phi) is 3.60. The molecule has 4 rings (SSSR count). The highest BCUT2D eigenvalue weighted by Gasteiger charge is 2.69. The minimum absolute atomic E-state index is 0.0524. The summed E-state index contributed by atoms with van der Waals surface area (Å²) in [6.07, 6.45) is 5.69. The molecule has 0 heterocycles. The average Bonchev–Trinajstić information content (AvgIpc) is 2.49. The van der Waals surface area contributed by atoms with E-state index in [-0.39, 0.29) is 22.4 Å². The van der Waals surface area contributed by atoms with Gasteiger partial charge in [0.25, 0.3) is 0 Å². The summed E-state index contributed by atoms with van der Waals surface area (Å²) in [6.45, 7) is 5.81. The van der Waals surface area contributed by atoms with Gasteiger partial charge >= 0.3 is 11.9 Å². The number of nitriles is 1. The zero-order valence-electron chi connectivity index (χ0n) is 14.5. The molecule has 4 bridgehead atoms. The Labute approximate surface area is 142 Å². The summed E-state index contributed by atoms with van der Waals surface area (Å²) in [5, 5.41) is 19.0. The molecule has 4 aliphatic rings. The summed E-state index contributed by atoms with van der Waals surface area (Å²) in [4.78, 5) is 23.7. The first-order valence-electron chi connectivity index (χ1n) is 8.52. The second kappa shape index (κ2) is 5.08. The van der Waals surface area contributed by atoms with Crippen LogP contribution in [0.25, 0.3) is 0 Å². The number of aliphatic carboxylic acids is 1. The lowest BCUT2D eigenvalue weighted by molar-refractivity contribution is -0.203. The minimum Gasteiger partial charge on any atom is -0.478 e. The molecule has 130 valence electrons. The summed E-state index contributed by atoms with van der Waals surface area (Å²) in [5.74, 6) is -1.17. The maximum Gasteiger partial charge on any atom is 0.330 e. The van der Waals surface area contributed by atoms with Crippen molar-refractivity contribution in [1.82, 2.24) is 0 Å². The molecule has 4 atom stereocenters. The van der Waals surface area contributed by atoms with Gasteiger partial charge in [0.2, 0.25) is 0 Å². The molecule has 4 aliphatic carbocycles. The first-order chi connectivity index (χ1) is 11.1. The van der Waals surface area contributed by atoms with Crippen molar-refractivity contribution in [3.05, 3.63) is 12.2 Å². The third kappa shape index (κ3) is 2.44. The van der Waals surface area contributed by atoms with E-state index in [2.05, 4.69) is 19.6 Å². The van der Waals surface area contributed by atoms with Gasteiger partial charge in [-0.1, -0.05) is 13.5 Å². The van der Waals surface area contributed by atoms with Crippen LogP contribution in [0.1, 0.15) is 58.3 Å². The van der Waals surface area contributed by atoms with Crippen LogP contribution in [0.5, 0.6) is 0 Å². The molecule has 24 heavy (non-hydrogen) atoms. The zero-order chi connectivity index (χ0) is 17.8. The number of rotatable bonds is 5. The number of hydrogen-bond acceptors (Lipinski definition) is 4. The fourth-order valence-electron chi connectivity index (χ4n) is 6.71. The number of carboxylic acid groups (broad SMARTS) is 1. The van der Waals surface area contributed by atoms with Gasteiger partial charge in [0.05, 0.1) is 24.0 Å². The lowest BCUT2D eigenvalue weighted by Gasteiger charge is -2.67. The maximum absolute atomic E-state index is 12.6. The van der Waals surface area contributed by atoms with Gasteiger partial charge in [-0.3, -0.25) is 4.79 Å². The van der Waals surface area contributed by atoms with Crippen molar-refractivity contribution in [2.45, 2.75) is 58.3 Å². The molecule has 0 saturated heterocycles. The molecular weight excluding hydrogens is 306 g/mol. The van der Waals surface area contributed by atoms with Crippen LogP contribution in [-0.2, 0) is 14.3 Å². The Bertz CT molecular complexity index is 665. The number of carbonyl (C=O) groups excluding carboxylic acids is 1. The number of esters is 1. The van der Waals surface area contributed by atoms with Crippen molar-refractivity contribution in [2.24, 2.45) is 21.7 Å². The third-order valence-corrected chi connectivity index (χ3v) is 6.55. The SMILES string of the molecule is C=C(CCC12CC3(C)CC(C#N)(C1)CC(C(=O)OC)(C3)C2)C(=O)O. The van der Waals surface area contributed by atoms with Crippen LogP contribution in [0.3, 0.4) is 0 Å². The number of nitrogens with zero attached hydrogens (tertiary/aromatic N) is 1. The molecule has 5 heteroatoms. The molecule has 0 aromatic carbocycles. The average molecular weight is 331 g/mol. The van der Waals surface area contributed by atoms with E-state index in [9.17, 15) is 14.9 Å². The highest BCUT2D eigenvalue weighted by atomic mass is 16.5. The fourth-order valence-corrected chi connectivity index (χ4v) is 6.71. The number of carboxylic acids is 1. The molecule has 4 saturated carbocycles. The van der Waals surface area contributed by atoms with Crippen molar-refractivity contribution in [1.29, 1.82) is 5.26 Å². The van der Waals surface area contributed by atoms with E-state index in [0.29, 0.717) is 25.7 Å². The molecule has 4 fully saturated rings.